The van der Waals surface area contributed by atoms with Crippen molar-refractivity contribution in [2.45, 2.75) is 72.6 Å². The lowest BCUT2D eigenvalue weighted by atomic mass is 10.0. The maximum absolute atomic E-state index is 5.97. The Morgan fingerprint density at radius 3 is 1.36 bits per heavy atom. The van der Waals surface area contributed by atoms with E-state index in [0.29, 0.717) is 13.5 Å². The number of rotatable bonds is 4. The standard InChI is InChI=1S/C29H30N2O2.2C3H8/c1-3-7-28-24(5-1)18-30(20-32-28)26-13-9-22(10-14-26)17-23-11-15-27(16-12-23)31-19-25-6-2-4-8-29(25)33-21-31;2*1-3-2/h3-4,7-16H,1-2,5-6,17-21H2;2*3H2,1-2H3. The summed E-state index contributed by atoms with van der Waals surface area (Å²) in [4.78, 5) is 4.64. The molecule has 0 bridgehead atoms. The Morgan fingerprint density at radius 1 is 0.590 bits per heavy atom. The van der Waals surface area contributed by atoms with Crippen LogP contribution in [0.2, 0.25) is 0 Å². The monoisotopic (exact) mass is 526 g/mol. The Labute approximate surface area is 236 Å². The van der Waals surface area contributed by atoms with Crippen molar-refractivity contribution in [1.29, 1.82) is 0 Å². The lowest BCUT2D eigenvalue weighted by Gasteiger charge is -2.33. The van der Waals surface area contributed by atoms with Gasteiger partial charge in [-0.3, -0.25) is 0 Å². The summed E-state index contributed by atoms with van der Waals surface area (Å²) < 4.78 is 11.9. The van der Waals surface area contributed by atoms with Crippen LogP contribution in [0.15, 0.2) is 95.5 Å². The van der Waals surface area contributed by atoms with E-state index < -0.39 is 0 Å². The van der Waals surface area contributed by atoms with Crippen LogP contribution in [0.5, 0.6) is 0 Å². The van der Waals surface area contributed by atoms with Crippen molar-refractivity contribution in [1.82, 2.24) is 0 Å². The minimum Gasteiger partial charge on any atom is -0.473 e. The third-order valence-electron chi connectivity index (χ3n) is 6.99. The second-order valence-corrected chi connectivity index (χ2v) is 10.7. The first kappa shape index (κ1) is 28.6. The molecule has 0 radical (unpaired) electrons. The number of ether oxygens (including phenoxy) is 2. The molecule has 2 aromatic rings. The highest BCUT2D eigenvalue weighted by atomic mass is 16.5. The van der Waals surface area contributed by atoms with E-state index >= 15 is 0 Å². The molecule has 2 aliphatic heterocycles. The van der Waals surface area contributed by atoms with Crippen molar-refractivity contribution in [3.05, 3.63) is 107 Å². The topological polar surface area (TPSA) is 24.9 Å². The van der Waals surface area contributed by atoms with Crippen molar-refractivity contribution in [2.75, 3.05) is 36.4 Å². The smallest absolute Gasteiger partial charge is 0.161 e. The van der Waals surface area contributed by atoms with E-state index in [1.807, 2.05) is 0 Å². The second-order valence-electron chi connectivity index (χ2n) is 10.7. The van der Waals surface area contributed by atoms with Crippen molar-refractivity contribution >= 4 is 11.4 Å². The summed E-state index contributed by atoms with van der Waals surface area (Å²) in [7, 11) is 0. The average molecular weight is 527 g/mol. The Hall–Kier alpha value is -3.40. The SMILES string of the molecule is C1=CC2=C(CC1)CN(c1ccc(Cc3ccc(N4COC5=C(CCC=C5)C4)cc3)cc1)CO2.CCC.CCC. The average Bonchev–Trinajstić information content (AvgIpc) is 2.98. The van der Waals surface area contributed by atoms with Crippen molar-refractivity contribution < 1.29 is 9.47 Å². The molecule has 4 heteroatoms. The van der Waals surface area contributed by atoms with Gasteiger partial charge in [0.15, 0.2) is 13.5 Å². The van der Waals surface area contributed by atoms with E-state index in [2.05, 4.69) is 110 Å². The molecule has 0 unspecified atom stereocenters. The number of benzene rings is 2. The van der Waals surface area contributed by atoms with Gasteiger partial charge in [0.25, 0.3) is 0 Å². The van der Waals surface area contributed by atoms with Crippen LogP contribution in [0.4, 0.5) is 11.4 Å². The largest absolute Gasteiger partial charge is 0.473 e. The van der Waals surface area contributed by atoms with Crippen molar-refractivity contribution in [3.8, 4) is 0 Å². The number of anilines is 2. The number of nitrogens with zero attached hydrogens (tertiary/aromatic N) is 2. The fourth-order valence-electron chi connectivity index (χ4n) is 5.06. The fourth-order valence-corrected chi connectivity index (χ4v) is 5.06. The highest BCUT2D eigenvalue weighted by Gasteiger charge is 2.21. The van der Waals surface area contributed by atoms with E-state index in [1.165, 1.54) is 46.5 Å². The highest BCUT2D eigenvalue weighted by molar-refractivity contribution is 5.53. The van der Waals surface area contributed by atoms with Crippen LogP contribution < -0.4 is 9.80 Å². The zero-order valence-electron chi connectivity index (χ0n) is 24.4. The summed E-state index contributed by atoms with van der Waals surface area (Å²) in [5, 5.41) is 0. The zero-order chi connectivity index (χ0) is 27.5. The summed E-state index contributed by atoms with van der Waals surface area (Å²) in [5.41, 5.74) is 7.95. The van der Waals surface area contributed by atoms with Gasteiger partial charge in [0.1, 0.15) is 11.5 Å². The van der Waals surface area contributed by atoms with E-state index in [1.54, 1.807) is 0 Å². The van der Waals surface area contributed by atoms with Gasteiger partial charge in [-0.1, -0.05) is 77.0 Å². The molecule has 0 aromatic heterocycles. The van der Waals surface area contributed by atoms with E-state index in [9.17, 15) is 0 Å². The van der Waals surface area contributed by atoms with Crippen LogP contribution in [0.3, 0.4) is 0 Å². The first-order valence-electron chi connectivity index (χ1n) is 14.9. The zero-order valence-corrected chi connectivity index (χ0v) is 24.4. The normalized spacial score (nSPS) is 17.6. The van der Waals surface area contributed by atoms with Gasteiger partial charge in [0, 0.05) is 24.5 Å². The Morgan fingerprint density at radius 2 is 0.974 bits per heavy atom. The van der Waals surface area contributed by atoms with E-state index in [4.69, 9.17) is 9.47 Å². The molecule has 0 fully saturated rings. The Kier molecular flexibility index (Phi) is 10.8. The first-order valence-corrected chi connectivity index (χ1v) is 14.9. The molecule has 39 heavy (non-hydrogen) atoms. The lowest BCUT2D eigenvalue weighted by molar-refractivity contribution is 0.203. The molecule has 0 atom stereocenters. The minimum atomic E-state index is 0.624. The van der Waals surface area contributed by atoms with Gasteiger partial charge in [-0.05, 0) is 90.8 Å². The molecule has 0 saturated carbocycles. The van der Waals surface area contributed by atoms with E-state index in [0.717, 1.165) is 56.7 Å². The first-order chi connectivity index (χ1) is 19.1. The van der Waals surface area contributed by atoms with Crippen LogP contribution in [-0.4, -0.2) is 26.6 Å². The number of hydrogen-bond donors (Lipinski definition) is 0. The molecule has 208 valence electrons. The Bertz CT molecular complexity index is 1080. The molecule has 2 heterocycles. The predicted octanol–water partition coefficient (Wildman–Crippen LogP) is 8.91. The van der Waals surface area contributed by atoms with Crippen LogP contribution in [0.1, 0.15) is 77.3 Å². The molecule has 0 amide bonds. The molecule has 2 aliphatic carbocycles. The third-order valence-corrected chi connectivity index (χ3v) is 6.99. The summed E-state index contributed by atoms with van der Waals surface area (Å²) >= 11 is 0. The van der Waals surface area contributed by atoms with Gasteiger partial charge in [0.2, 0.25) is 0 Å². The molecular formula is C35H46N2O2. The maximum atomic E-state index is 5.97. The molecule has 2 aromatic carbocycles. The van der Waals surface area contributed by atoms with Crippen LogP contribution in [0, 0.1) is 0 Å². The van der Waals surface area contributed by atoms with E-state index in [-0.39, 0.29) is 0 Å². The molecule has 6 rings (SSSR count). The number of allylic oxidation sites excluding steroid dienone is 4. The molecule has 4 aliphatic rings. The molecule has 0 N–H and O–H groups in total. The third kappa shape index (κ3) is 7.81. The molecule has 0 saturated heterocycles. The lowest BCUT2D eigenvalue weighted by Crippen LogP contribution is -2.33. The van der Waals surface area contributed by atoms with Gasteiger partial charge < -0.3 is 19.3 Å². The van der Waals surface area contributed by atoms with Crippen molar-refractivity contribution in [3.63, 3.8) is 0 Å². The van der Waals surface area contributed by atoms with Gasteiger partial charge in [0.05, 0.1) is 0 Å². The summed E-state index contributed by atoms with van der Waals surface area (Å²) in [6, 6.07) is 17.9. The minimum absolute atomic E-state index is 0.624. The predicted molar refractivity (Wildman–Crippen MR) is 165 cm³/mol. The summed E-state index contributed by atoms with van der Waals surface area (Å²) in [5.74, 6) is 2.17. The highest BCUT2D eigenvalue weighted by Crippen LogP contribution is 2.30. The van der Waals surface area contributed by atoms with Crippen LogP contribution in [-0.2, 0) is 15.9 Å². The summed E-state index contributed by atoms with van der Waals surface area (Å²) in [6.45, 7) is 11.7. The van der Waals surface area contributed by atoms with Crippen molar-refractivity contribution in [2.24, 2.45) is 0 Å². The van der Waals surface area contributed by atoms with Gasteiger partial charge >= 0.3 is 0 Å². The van der Waals surface area contributed by atoms with Crippen LogP contribution in [0.25, 0.3) is 0 Å². The summed E-state index contributed by atoms with van der Waals surface area (Å²) in [6.07, 6.45) is 16.6. The second kappa shape index (κ2) is 14.7. The quantitative estimate of drug-likeness (QED) is 0.397. The molecule has 4 nitrogen and oxygen atoms in total. The number of hydrogen-bond acceptors (Lipinski definition) is 4. The van der Waals surface area contributed by atoms with Gasteiger partial charge in [-0.25, -0.2) is 0 Å². The van der Waals surface area contributed by atoms with Crippen LogP contribution >= 0.6 is 0 Å². The van der Waals surface area contributed by atoms with Gasteiger partial charge in [-0.2, -0.15) is 0 Å². The Balaban J connectivity index is 0.000000541. The maximum Gasteiger partial charge on any atom is 0.161 e. The fraction of sp³-hybridized carbons (Fsp3) is 0.429. The molecule has 0 spiro atoms. The van der Waals surface area contributed by atoms with Gasteiger partial charge in [-0.15, -0.1) is 0 Å². The molecular weight excluding hydrogens is 480 g/mol.